The van der Waals surface area contributed by atoms with Crippen LogP contribution in [0.15, 0.2) is 28.1 Å². The van der Waals surface area contributed by atoms with Gasteiger partial charge >= 0.3 is 0 Å². The zero-order valence-electron chi connectivity index (χ0n) is 12.1. The van der Waals surface area contributed by atoms with Gasteiger partial charge in [0.2, 0.25) is 0 Å². The first-order valence-electron chi connectivity index (χ1n) is 6.64. The third kappa shape index (κ3) is 3.33. The van der Waals surface area contributed by atoms with Crippen LogP contribution in [0.25, 0.3) is 0 Å². The van der Waals surface area contributed by atoms with Crippen LogP contribution in [-0.4, -0.2) is 9.78 Å². The van der Waals surface area contributed by atoms with Crippen LogP contribution in [0.2, 0.25) is 10.0 Å². The van der Waals surface area contributed by atoms with Crippen LogP contribution in [0.4, 0.5) is 0 Å². The molecule has 0 atom stereocenters. The summed E-state index contributed by atoms with van der Waals surface area (Å²) in [6.45, 7) is 8.50. The van der Waals surface area contributed by atoms with Crippen molar-refractivity contribution in [2.24, 2.45) is 0 Å². The monoisotopic (exact) mass is 328 g/mol. The minimum Gasteiger partial charge on any atom is -0.256 e. The first-order valence-corrected chi connectivity index (χ1v) is 8.21. The minimum atomic E-state index is 0.325. The second-order valence-corrected chi connectivity index (χ2v) is 6.90. The third-order valence-corrected chi connectivity index (χ3v) is 4.59. The Morgan fingerprint density at radius 1 is 1.20 bits per heavy atom. The summed E-state index contributed by atoms with van der Waals surface area (Å²) < 4.78 is 2.08. The first-order chi connectivity index (χ1) is 9.42. The Morgan fingerprint density at radius 3 is 2.30 bits per heavy atom. The van der Waals surface area contributed by atoms with Gasteiger partial charge in [0.15, 0.2) is 0 Å². The standard InChI is InChI=1S/C15H18Cl2N2S/c1-5-14-10(4)18-19(9(2)3)15(14)20-13-7-11(16)6-12(17)8-13/h6-9H,5H2,1-4H3. The molecular formula is C15H18Cl2N2S. The van der Waals surface area contributed by atoms with Crippen molar-refractivity contribution in [1.29, 1.82) is 0 Å². The molecular weight excluding hydrogens is 311 g/mol. The summed E-state index contributed by atoms with van der Waals surface area (Å²) in [5.74, 6) is 0. The van der Waals surface area contributed by atoms with E-state index in [-0.39, 0.29) is 0 Å². The van der Waals surface area contributed by atoms with Crippen LogP contribution in [0.5, 0.6) is 0 Å². The van der Waals surface area contributed by atoms with E-state index in [2.05, 4.69) is 37.5 Å². The lowest BCUT2D eigenvalue weighted by atomic mass is 10.2. The van der Waals surface area contributed by atoms with Crippen LogP contribution in [0, 0.1) is 6.92 Å². The summed E-state index contributed by atoms with van der Waals surface area (Å²) in [6, 6.07) is 5.94. The summed E-state index contributed by atoms with van der Waals surface area (Å²) in [6.07, 6.45) is 0.967. The van der Waals surface area contributed by atoms with Crippen LogP contribution in [-0.2, 0) is 6.42 Å². The lowest BCUT2D eigenvalue weighted by Gasteiger charge is -2.12. The van der Waals surface area contributed by atoms with Gasteiger partial charge in [-0.25, -0.2) is 0 Å². The van der Waals surface area contributed by atoms with Crippen LogP contribution in [0.1, 0.15) is 38.1 Å². The number of hydrogen-bond donors (Lipinski definition) is 0. The van der Waals surface area contributed by atoms with Crippen molar-refractivity contribution in [3.05, 3.63) is 39.5 Å². The molecule has 5 heteroatoms. The molecule has 0 N–H and O–H groups in total. The van der Waals surface area contributed by atoms with Crippen molar-refractivity contribution >= 4 is 35.0 Å². The fraction of sp³-hybridized carbons (Fsp3) is 0.400. The average Bonchev–Trinajstić information content (AvgIpc) is 2.64. The zero-order chi connectivity index (χ0) is 14.9. The highest BCUT2D eigenvalue weighted by atomic mass is 35.5. The number of aromatic nitrogens is 2. The van der Waals surface area contributed by atoms with Crippen LogP contribution >= 0.6 is 35.0 Å². The van der Waals surface area contributed by atoms with E-state index >= 15 is 0 Å². The lowest BCUT2D eigenvalue weighted by molar-refractivity contribution is 0.489. The Morgan fingerprint density at radius 2 is 1.80 bits per heavy atom. The topological polar surface area (TPSA) is 17.8 Å². The summed E-state index contributed by atoms with van der Waals surface area (Å²) in [4.78, 5) is 1.04. The predicted molar refractivity (Wildman–Crippen MR) is 87.3 cm³/mol. The summed E-state index contributed by atoms with van der Waals surface area (Å²) in [7, 11) is 0. The average molecular weight is 329 g/mol. The number of nitrogens with zero attached hydrogens (tertiary/aromatic N) is 2. The van der Waals surface area contributed by atoms with Crippen LogP contribution < -0.4 is 0 Å². The minimum absolute atomic E-state index is 0.325. The van der Waals surface area contributed by atoms with Gasteiger partial charge in [-0.1, -0.05) is 41.9 Å². The van der Waals surface area contributed by atoms with Crippen molar-refractivity contribution < 1.29 is 0 Å². The lowest BCUT2D eigenvalue weighted by Crippen LogP contribution is -2.04. The zero-order valence-corrected chi connectivity index (χ0v) is 14.4. The van der Waals surface area contributed by atoms with Crippen molar-refractivity contribution in [2.75, 3.05) is 0 Å². The van der Waals surface area contributed by atoms with E-state index in [9.17, 15) is 0 Å². The van der Waals surface area contributed by atoms with E-state index in [1.165, 1.54) is 10.6 Å². The van der Waals surface area contributed by atoms with E-state index in [4.69, 9.17) is 23.2 Å². The highest BCUT2D eigenvalue weighted by Gasteiger charge is 2.17. The quantitative estimate of drug-likeness (QED) is 0.706. The fourth-order valence-electron chi connectivity index (χ4n) is 2.12. The van der Waals surface area contributed by atoms with Gasteiger partial charge in [0.05, 0.1) is 5.69 Å². The van der Waals surface area contributed by atoms with Gasteiger partial charge in [-0.2, -0.15) is 5.10 Å². The SMILES string of the molecule is CCc1c(C)nn(C(C)C)c1Sc1cc(Cl)cc(Cl)c1. The molecule has 2 nitrogen and oxygen atoms in total. The van der Waals surface area contributed by atoms with E-state index in [0.717, 1.165) is 17.0 Å². The molecule has 0 fully saturated rings. The van der Waals surface area contributed by atoms with Gasteiger partial charge in [-0.05, 0) is 45.4 Å². The number of aryl methyl sites for hydroxylation is 1. The maximum atomic E-state index is 6.08. The highest BCUT2D eigenvalue weighted by molar-refractivity contribution is 7.99. The third-order valence-electron chi connectivity index (χ3n) is 3.05. The molecule has 20 heavy (non-hydrogen) atoms. The van der Waals surface area contributed by atoms with Crippen LogP contribution in [0.3, 0.4) is 0 Å². The van der Waals surface area contributed by atoms with E-state index in [1.807, 2.05) is 12.1 Å². The molecule has 0 aliphatic carbocycles. The first kappa shape index (κ1) is 15.7. The molecule has 108 valence electrons. The number of rotatable bonds is 4. The Labute approximate surface area is 134 Å². The molecule has 0 amide bonds. The maximum Gasteiger partial charge on any atom is 0.102 e. The highest BCUT2D eigenvalue weighted by Crippen LogP contribution is 2.36. The van der Waals surface area contributed by atoms with Gasteiger partial charge < -0.3 is 0 Å². The fourth-order valence-corrected chi connectivity index (χ4v) is 4.14. The molecule has 2 rings (SSSR count). The Kier molecular flexibility index (Phi) is 5.05. The molecule has 2 aromatic rings. The number of halogens is 2. The summed E-state index contributed by atoms with van der Waals surface area (Å²) >= 11 is 13.8. The predicted octanol–water partition coefficient (Wildman–Crippen LogP) is 5.79. The Balaban J connectivity index is 2.46. The number of benzene rings is 1. The maximum absolute atomic E-state index is 6.08. The summed E-state index contributed by atoms with van der Waals surface area (Å²) in [5, 5.41) is 7.15. The van der Waals surface area contributed by atoms with Gasteiger partial charge in [0, 0.05) is 26.5 Å². The second kappa shape index (κ2) is 6.42. The van der Waals surface area contributed by atoms with Crippen molar-refractivity contribution in [3.8, 4) is 0 Å². The van der Waals surface area contributed by atoms with Gasteiger partial charge in [0.1, 0.15) is 5.03 Å². The molecule has 1 aromatic heterocycles. The Hall–Kier alpha value is -0.640. The second-order valence-electron chi connectivity index (χ2n) is 4.97. The van der Waals surface area contributed by atoms with Crippen molar-refractivity contribution in [1.82, 2.24) is 9.78 Å². The Bertz CT molecular complexity index is 600. The van der Waals surface area contributed by atoms with Gasteiger partial charge in [-0.15, -0.1) is 0 Å². The van der Waals surface area contributed by atoms with E-state index in [0.29, 0.717) is 16.1 Å². The molecule has 0 spiro atoms. The largest absolute Gasteiger partial charge is 0.256 e. The van der Waals surface area contributed by atoms with E-state index in [1.54, 1.807) is 17.8 Å². The summed E-state index contributed by atoms with van der Waals surface area (Å²) in [5.41, 5.74) is 2.39. The molecule has 1 heterocycles. The smallest absolute Gasteiger partial charge is 0.102 e. The molecule has 0 bridgehead atoms. The van der Waals surface area contributed by atoms with E-state index < -0.39 is 0 Å². The van der Waals surface area contributed by atoms with Gasteiger partial charge in [-0.3, -0.25) is 4.68 Å². The molecule has 0 saturated carbocycles. The molecule has 0 aliphatic heterocycles. The normalized spacial score (nSPS) is 11.3. The molecule has 0 aliphatic rings. The molecule has 0 unspecified atom stereocenters. The van der Waals surface area contributed by atoms with Crippen molar-refractivity contribution in [2.45, 2.75) is 50.1 Å². The molecule has 1 aromatic carbocycles. The van der Waals surface area contributed by atoms with Crippen molar-refractivity contribution in [3.63, 3.8) is 0 Å². The number of hydrogen-bond acceptors (Lipinski definition) is 2. The van der Waals surface area contributed by atoms with Gasteiger partial charge in [0.25, 0.3) is 0 Å². The molecule has 0 saturated heterocycles. The molecule has 0 radical (unpaired) electrons.